The van der Waals surface area contributed by atoms with E-state index in [2.05, 4.69) is 15.3 Å². The molecule has 1 aliphatic carbocycles. The number of nitrogens with one attached hydrogen (secondary N) is 1. The summed E-state index contributed by atoms with van der Waals surface area (Å²) in [5.41, 5.74) is 3.40. The molecule has 1 fully saturated rings. The highest BCUT2D eigenvalue weighted by Crippen LogP contribution is 2.44. The Morgan fingerprint density at radius 2 is 2.00 bits per heavy atom. The van der Waals surface area contributed by atoms with Crippen molar-refractivity contribution in [3.8, 4) is 0 Å². The minimum atomic E-state index is -2.73. The van der Waals surface area contributed by atoms with Crippen molar-refractivity contribution in [1.29, 1.82) is 0 Å². The number of rotatable bonds is 7. The zero-order valence-electron chi connectivity index (χ0n) is 17.0. The SMILES string of the molecule is CC.CSN(O)c1cc(C2CC2)ccc1Nc1cc(Cl)nc2c1nc(C(F)F)n2PI. The molecular formula is C19H22ClF2IN5OPS. The summed E-state index contributed by atoms with van der Waals surface area (Å²) in [5, 5.41) is 13.7. The third kappa shape index (κ3) is 5.35. The summed E-state index contributed by atoms with van der Waals surface area (Å²) in [6, 6.07) is 7.36. The summed E-state index contributed by atoms with van der Waals surface area (Å²) in [5.74, 6) is 0.178. The molecule has 6 nitrogen and oxygen atoms in total. The van der Waals surface area contributed by atoms with Crippen LogP contribution in [0.3, 0.4) is 0 Å². The van der Waals surface area contributed by atoms with Crippen LogP contribution in [0.4, 0.5) is 25.8 Å². The van der Waals surface area contributed by atoms with Crippen molar-refractivity contribution in [2.75, 3.05) is 16.0 Å². The highest BCUT2D eigenvalue weighted by atomic mass is 127. The molecule has 1 aromatic carbocycles. The van der Waals surface area contributed by atoms with E-state index in [9.17, 15) is 14.0 Å². The smallest absolute Gasteiger partial charge is 0.295 e. The van der Waals surface area contributed by atoms with Crippen LogP contribution in [0.1, 0.15) is 50.4 Å². The van der Waals surface area contributed by atoms with E-state index < -0.39 is 6.43 Å². The Morgan fingerprint density at radius 1 is 1.29 bits per heavy atom. The number of fused-ring (bicyclic) bond motifs is 1. The van der Waals surface area contributed by atoms with Crippen molar-refractivity contribution < 1.29 is 14.0 Å². The molecule has 0 saturated heterocycles. The Morgan fingerprint density at radius 3 is 2.58 bits per heavy atom. The molecule has 31 heavy (non-hydrogen) atoms. The molecule has 0 aliphatic heterocycles. The molecule has 1 atom stereocenters. The summed E-state index contributed by atoms with van der Waals surface area (Å²) >= 11 is 9.34. The molecule has 1 aliphatic rings. The maximum atomic E-state index is 13.4. The molecule has 0 radical (unpaired) electrons. The summed E-state index contributed by atoms with van der Waals surface area (Å²) < 4.78 is 29.3. The van der Waals surface area contributed by atoms with Crippen LogP contribution < -0.4 is 9.79 Å². The lowest BCUT2D eigenvalue weighted by Gasteiger charge is -2.19. The molecule has 2 N–H and O–H groups in total. The lowest BCUT2D eigenvalue weighted by atomic mass is 10.1. The molecule has 0 bridgehead atoms. The van der Waals surface area contributed by atoms with Gasteiger partial charge in [-0.2, -0.15) is 4.47 Å². The number of hydrogen-bond donors (Lipinski definition) is 2. The Hall–Kier alpha value is -0.940. The van der Waals surface area contributed by atoms with E-state index in [1.54, 1.807) is 12.3 Å². The van der Waals surface area contributed by atoms with Gasteiger partial charge in [-0.1, -0.05) is 31.5 Å². The van der Waals surface area contributed by atoms with Gasteiger partial charge >= 0.3 is 0 Å². The van der Waals surface area contributed by atoms with E-state index in [1.807, 2.05) is 54.1 Å². The van der Waals surface area contributed by atoms with Gasteiger partial charge in [-0.25, -0.2) is 18.7 Å². The summed E-state index contributed by atoms with van der Waals surface area (Å²) in [6.07, 6.45) is 1.31. The molecule has 2 heterocycles. The zero-order valence-corrected chi connectivity index (χ0v) is 21.8. The maximum absolute atomic E-state index is 13.4. The summed E-state index contributed by atoms with van der Waals surface area (Å²) in [7, 11) is 0. The first-order chi connectivity index (χ1) is 14.9. The van der Waals surface area contributed by atoms with Gasteiger partial charge in [0.1, 0.15) is 16.4 Å². The average Bonchev–Trinajstić information content (AvgIpc) is 3.55. The van der Waals surface area contributed by atoms with Crippen LogP contribution in [-0.4, -0.2) is 25.8 Å². The number of alkyl halides is 2. The second-order valence-corrected chi connectivity index (χ2v) is 9.65. The Labute approximate surface area is 203 Å². The number of halogens is 4. The number of anilines is 3. The van der Waals surface area contributed by atoms with Crippen LogP contribution in [0, 0.1) is 0 Å². The molecule has 12 heteroatoms. The number of hydrogen-bond acceptors (Lipinski definition) is 6. The lowest BCUT2D eigenvalue weighted by molar-refractivity contribution is 0.140. The van der Waals surface area contributed by atoms with Crippen molar-refractivity contribution >= 4 is 80.2 Å². The Bertz CT molecular complexity index is 1070. The van der Waals surface area contributed by atoms with E-state index >= 15 is 0 Å². The minimum absolute atomic E-state index is 0.0000998. The third-order valence-corrected chi connectivity index (χ3v) is 7.40. The number of aromatic nitrogens is 3. The van der Waals surface area contributed by atoms with Crippen molar-refractivity contribution in [3.63, 3.8) is 0 Å². The highest BCUT2D eigenvalue weighted by molar-refractivity contribution is 14.2. The van der Waals surface area contributed by atoms with Gasteiger partial charge in [-0.3, -0.25) is 9.54 Å². The first-order valence-electron chi connectivity index (χ1n) is 9.60. The van der Waals surface area contributed by atoms with E-state index in [1.165, 1.54) is 4.34 Å². The van der Waals surface area contributed by atoms with Gasteiger partial charge in [-0.05, 0) is 70.4 Å². The molecule has 168 valence electrons. The Kier molecular flexibility index (Phi) is 8.59. The number of pyridine rings is 1. The van der Waals surface area contributed by atoms with Crippen LogP contribution in [0.5, 0.6) is 0 Å². The van der Waals surface area contributed by atoms with Gasteiger partial charge < -0.3 is 5.32 Å². The van der Waals surface area contributed by atoms with E-state index in [0.717, 1.165) is 34.8 Å². The summed E-state index contributed by atoms with van der Waals surface area (Å²) in [4.78, 5) is 8.32. The monoisotopic (exact) mass is 599 g/mol. The topological polar surface area (TPSA) is 66.2 Å². The van der Waals surface area contributed by atoms with Crippen LogP contribution >= 0.6 is 52.0 Å². The summed E-state index contributed by atoms with van der Waals surface area (Å²) in [6.45, 7) is 4.00. The fourth-order valence-electron chi connectivity index (χ4n) is 3.09. The third-order valence-electron chi connectivity index (χ3n) is 4.61. The van der Waals surface area contributed by atoms with Crippen molar-refractivity contribution in [1.82, 2.24) is 14.3 Å². The second-order valence-electron chi connectivity index (χ2n) is 6.49. The molecule has 1 unspecified atom stereocenters. The van der Waals surface area contributed by atoms with E-state index in [-0.39, 0.29) is 17.4 Å². The van der Waals surface area contributed by atoms with Gasteiger partial charge in [-0.15, -0.1) is 0 Å². The maximum Gasteiger partial charge on any atom is 0.295 e. The van der Waals surface area contributed by atoms with E-state index in [0.29, 0.717) is 34.1 Å². The largest absolute Gasteiger partial charge is 0.352 e. The van der Waals surface area contributed by atoms with Crippen LogP contribution in [0.25, 0.3) is 11.2 Å². The van der Waals surface area contributed by atoms with Crippen LogP contribution in [-0.2, 0) is 0 Å². The number of imidazole rings is 1. The van der Waals surface area contributed by atoms with Gasteiger partial charge in [0.05, 0.1) is 17.7 Å². The fraction of sp³-hybridized carbons (Fsp3) is 0.368. The van der Waals surface area contributed by atoms with Crippen molar-refractivity contribution in [3.05, 3.63) is 40.8 Å². The Balaban J connectivity index is 0.00000132. The molecule has 0 spiro atoms. The number of nitrogens with zero attached hydrogens (tertiary/aromatic N) is 4. The minimum Gasteiger partial charge on any atom is -0.352 e. The predicted molar refractivity (Wildman–Crippen MR) is 136 cm³/mol. The molecule has 1 saturated carbocycles. The lowest BCUT2D eigenvalue weighted by Crippen LogP contribution is -2.09. The molecule has 0 amide bonds. The quantitative estimate of drug-likeness (QED) is 0.0945. The second kappa shape index (κ2) is 10.8. The normalized spacial score (nSPS) is 13.7. The molecular weight excluding hydrogens is 578 g/mol. The van der Waals surface area contributed by atoms with Crippen molar-refractivity contribution in [2.45, 2.75) is 39.0 Å². The van der Waals surface area contributed by atoms with Crippen LogP contribution in [0.2, 0.25) is 5.15 Å². The molecule has 3 aromatic rings. The zero-order chi connectivity index (χ0) is 22.7. The average molecular weight is 600 g/mol. The van der Waals surface area contributed by atoms with Gasteiger partial charge in [0.2, 0.25) is 0 Å². The van der Waals surface area contributed by atoms with Gasteiger partial charge in [0, 0.05) is 12.3 Å². The molecule has 2 aromatic heterocycles. The standard InChI is InChI=1S/C17H16ClF2IN5OPS.C2H6/c1-29-26(27)12-6-9(8-2-3-8)4-5-10(12)22-11-7-13(18)23-16-14(11)24-17(15(19)20)25(16)28-21;1-2/h4-8,15,27-28H,2-3H2,1H3,(H,22,23);1-2H3. The fourth-order valence-corrected chi connectivity index (χ4v) is 5.52. The van der Waals surface area contributed by atoms with E-state index in [4.69, 9.17) is 11.6 Å². The van der Waals surface area contributed by atoms with Gasteiger partial charge in [0.15, 0.2) is 11.5 Å². The van der Waals surface area contributed by atoms with Crippen molar-refractivity contribution in [2.24, 2.45) is 0 Å². The van der Waals surface area contributed by atoms with Gasteiger partial charge in [0.25, 0.3) is 6.43 Å². The predicted octanol–water partition coefficient (Wildman–Crippen LogP) is 7.93. The first-order valence-corrected chi connectivity index (χ1v) is 15.2. The van der Waals surface area contributed by atoms with Crippen LogP contribution in [0.15, 0.2) is 24.3 Å². The molecule has 4 rings (SSSR count). The highest BCUT2D eigenvalue weighted by Gasteiger charge is 2.26. The number of benzene rings is 1. The first kappa shape index (κ1) is 24.7.